The molecule has 0 aliphatic heterocycles. The number of benzene rings is 2. The summed E-state index contributed by atoms with van der Waals surface area (Å²) in [6.45, 7) is 14.3. The van der Waals surface area contributed by atoms with Crippen molar-refractivity contribution in [2.75, 3.05) is 13.2 Å². The number of hydrogen-bond acceptors (Lipinski definition) is 5. The van der Waals surface area contributed by atoms with Crippen molar-refractivity contribution in [2.45, 2.75) is 66.2 Å². The third-order valence-corrected chi connectivity index (χ3v) is 6.74. The number of aryl methyl sites for hydroxylation is 2. The molecule has 0 unspecified atom stereocenters. The van der Waals surface area contributed by atoms with Crippen LogP contribution in [-0.2, 0) is 22.4 Å². The van der Waals surface area contributed by atoms with E-state index in [1.54, 1.807) is 6.08 Å². The van der Waals surface area contributed by atoms with Gasteiger partial charge in [-0.05, 0) is 81.0 Å². The molecular weight excluding hydrogens is 510 g/mol. The quantitative estimate of drug-likeness (QED) is 0.145. The zero-order chi connectivity index (χ0) is 29.6. The molecule has 5 heteroatoms. The number of oxazole rings is 1. The molecule has 5 nitrogen and oxygen atoms in total. The molecule has 0 saturated heterocycles. The lowest BCUT2D eigenvalue weighted by atomic mass is 9.95. The lowest BCUT2D eigenvalue weighted by Crippen LogP contribution is -2.09. The molecule has 0 radical (unpaired) electrons. The first kappa shape index (κ1) is 31.2. The highest BCUT2D eigenvalue weighted by atomic mass is 16.5. The average Bonchev–Trinajstić information content (AvgIpc) is 3.56. The number of carbonyl (C=O) groups excluding carboxylic acids is 1. The molecule has 1 aliphatic rings. The Bertz CT molecular complexity index is 1430. The van der Waals surface area contributed by atoms with Crippen molar-refractivity contribution in [3.63, 3.8) is 0 Å². The van der Waals surface area contributed by atoms with Crippen LogP contribution in [0.1, 0.15) is 86.1 Å². The van der Waals surface area contributed by atoms with E-state index >= 15 is 0 Å². The first-order valence-corrected chi connectivity index (χ1v) is 14.5. The van der Waals surface area contributed by atoms with Crippen LogP contribution in [0.4, 0.5) is 0 Å². The molecule has 1 aliphatic carbocycles. The lowest BCUT2D eigenvalue weighted by Gasteiger charge is -2.14. The summed E-state index contributed by atoms with van der Waals surface area (Å²) in [6.07, 6.45) is 10.3. The van der Waals surface area contributed by atoms with Crippen molar-refractivity contribution in [2.24, 2.45) is 0 Å². The van der Waals surface area contributed by atoms with Crippen LogP contribution in [0.5, 0.6) is 5.75 Å². The summed E-state index contributed by atoms with van der Waals surface area (Å²) in [5, 5.41) is 0. The minimum Gasteiger partial charge on any atom is -0.492 e. The van der Waals surface area contributed by atoms with Gasteiger partial charge in [0.05, 0.1) is 30.9 Å². The Morgan fingerprint density at radius 2 is 1.98 bits per heavy atom. The predicted octanol–water partition coefficient (Wildman–Crippen LogP) is 8.16. The molecule has 1 heterocycles. The Hall–Kier alpha value is -4.30. The van der Waals surface area contributed by atoms with Crippen molar-refractivity contribution < 1.29 is 18.7 Å². The zero-order valence-corrected chi connectivity index (χ0v) is 25.0. The molecule has 1 aromatic heterocycles. The highest BCUT2D eigenvalue weighted by Crippen LogP contribution is 2.39. The average molecular weight is 552 g/mol. The highest BCUT2D eigenvalue weighted by Gasteiger charge is 2.27. The van der Waals surface area contributed by atoms with E-state index in [4.69, 9.17) is 18.9 Å². The van der Waals surface area contributed by atoms with Crippen LogP contribution in [0, 0.1) is 18.8 Å². The number of esters is 1. The van der Waals surface area contributed by atoms with Crippen molar-refractivity contribution in [3.8, 4) is 17.6 Å². The number of carbonyl (C=O) groups is 1. The number of allylic oxidation sites excluding steroid dienone is 5. The minimum absolute atomic E-state index is 0.137. The molecule has 4 rings (SSSR count). The van der Waals surface area contributed by atoms with Gasteiger partial charge in [-0.3, -0.25) is 4.79 Å². The Kier molecular flexibility index (Phi) is 12.3. The molecule has 0 N–H and O–H groups in total. The third kappa shape index (κ3) is 8.59. The molecule has 41 heavy (non-hydrogen) atoms. The Morgan fingerprint density at radius 1 is 1.20 bits per heavy atom. The fraction of sp³-hybridized carbons (Fsp3) is 0.333. The van der Waals surface area contributed by atoms with Gasteiger partial charge in [0.25, 0.3) is 0 Å². The van der Waals surface area contributed by atoms with E-state index < -0.39 is 0 Å². The summed E-state index contributed by atoms with van der Waals surface area (Å²) in [4.78, 5) is 16.9. The number of fused-ring (bicyclic) bond motifs is 1. The highest BCUT2D eigenvalue weighted by molar-refractivity contribution is 5.71. The summed E-state index contributed by atoms with van der Waals surface area (Å²) in [7, 11) is 0. The predicted molar refractivity (Wildman–Crippen MR) is 166 cm³/mol. The van der Waals surface area contributed by atoms with E-state index in [0.29, 0.717) is 31.9 Å². The Morgan fingerprint density at radius 3 is 2.68 bits per heavy atom. The summed E-state index contributed by atoms with van der Waals surface area (Å²) in [5.74, 6) is 8.66. The van der Waals surface area contributed by atoms with E-state index in [0.717, 1.165) is 52.3 Å². The maximum absolute atomic E-state index is 12.2. The van der Waals surface area contributed by atoms with E-state index in [1.807, 2.05) is 83.2 Å². The van der Waals surface area contributed by atoms with Crippen LogP contribution < -0.4 is 4.74 Å². The fourth-order valence-corrected chi connectivity index (χ4v) is 4.74. The molecule has 2 aromatic carbocycles. The van der Waals surface area contributed by atoms with Crippen LogP contribution in [0.3, 0.4) is 0 Å². The molecule has 1 atom stereocenters. The second-order valence-corrected chi connectivity index (χ2v) is 9.37. The second-order valence-electron chi connectivity index (χ2n) is 9.37. The number of ether oxygens (including phenoxy) is 2. The van der Waals surface area contributed by atoms with Gasteiger partial charge in [0.2, 0.25) is 5.89 Å². The number of rotatable bonds is 10. The molecular formula is C36H41NO4. The lowest BCUT2D eigenvalue weighted by molar-refractivity contribution is -0.143. The van der Waals surface area contributed by atoms with Gasteiger partial charge < -0.3 is 13.9 Å². The number of aromatic nitrogens is 1. The Labute approximate surface area is 245 Å². The zero-order valence-electron chi connectivity index (χ0n) is 25.0. The van der Waals surface area contributed by atoms with Crippen molar-refractivity contribution in [1.29, 1.82) is 0 Å². The van der Waals surface area contributed by atoms with Crippen LogP contribution >= 0.6 is 0 Å². The molecule has 0 bridgehead atoms. The molecule has 0 spiro atoms. The van der Waals surface area contributed by atoms with E-state index in [-0.39, 0.29) is 11.9 Å². The van der Waals surface area contributed by atoms with Crippen molar-refractivity contribution in [1.82, 2.24) is 4.98 Å². The Balaban J connectivity index is 0.00000226. The van der Waals surface area contributed by atoms with Crippen LogP contribution in [0.25, 0.3) is 5.57 Å². The third-order valence-electron chi connectivity index (χ3n) is 6.74. The van der Waals surface area contributed by atoms with Gasteiger partial charge in [-0.2, -0.15) is 0 Å². The first-order valence-electron chi connectivity index (χ1n) is 14.5. The van der Waals surface area contributed by atoms with Gasteiger partial charge >= 0.3 is 5.97 Å². The summed E-state index contributed by atoms with van der Waals surface area (Å²) in [6, 6.07) is 14.1. The smallest absolute Gasteiger partial charge is 0.306 e. The molecule has 0 amide bonds. The topological polar surface area (TPSA) is 61.6 Å². The van der Waals surface area contributed by atoms with Crippen LogP contribution in [0.2, 0.25) is 0 Å². The summed E-state index contributed by atoms with van der Waals surface area (Å²) >= 11 is 0. The number of nitrogens with zero attached hydrogens (tertiary/aromatic N) is 1. The largest absolute Gasteiger partial charge is 0.492 e. The summed E-state index contributed by atoms with van der Waals surface area (Å²) in [5.41, 5.74) is 5.88. The summed E-state index contributed by atoms with van der Waals surface area (Å²) < 4.78 is 17.4. The SMILES string of the molecule is C=C/C=C\C(=C/C)c1nc(CCOc2cc3c(cc2C#Cc2ccccc2)[C@H](CC(=O)OCC)CC3)c(C)o1.CC. The van der Waals surface area contributed by atoms with Gasteiger partial charge in [-0.15, -0.1) is 0 Å². The molecule has 214 valence electrons. The molecule has 0 saturated carbocycles. The van der Waals surface area contributed by atoms with Gasteiger partial charge in [0.1, 0.15) is 11.5 Å². The van der Waals surface area contributed by atoms with Crippen molar-refractivity contribution >= 4 is 11.5 Å². The van der Waals surface area contributed by atoms with E-state index in [9.17, 15) is 4.79 Å². The second kappa shape index (κ2) is 16.1. The monoisotopic (exact) mass is 551 g/mol. The van der Waals surface area contributed by atoms with Crippen molar-refractivity contribution in [3.05, 3.63) is 113 Å². The van der Waals surface area contributed by atoms with E-state index in [2.05, 4.69) is 30.6 Å². The maximum Gasteiger partial charge on any atom is 0.306 e. The van der Waals surface area contributed by atoms with Gasteiger partial charge in [-0.25, -0.2) is 4.98 Å². The van der Waals surface area contributed by atoms with E-state index in [1.165, 1.54) is 5.56 Å². The van der Waals surface area contributed by atoms with Crippen LogP contribution in [0.15, 0.2) is 77.8 Å². The maximum atomic E-state index is 12.2. The normalized spacial score (nSPS) is 14.0. The van der Waals surface area contributed by atoms with Gasteiger partial charge in [-0.1, -0.05) is 68.7 Å². The first-order chi connectivity index (χ1) is 20.0. The standard InChI is InChI=1S/C34H35NO4.C2H6/c1-5-8-14-26(6-2)34-35-31(24(4)39-34)19-20-38-32-22-27-17-18-28(23-33(36)37-7-3)30(27)21-29(32)16-15-25-12-10-9-11-13-25;1-2/h5-6,8-14,21-22,28H,1,7,17-20,23H2,2-4H3;1-2H3/b14-8-,26-6+;/t28-;/m0./s1. The van der Waals surface area contributed by atoms with Crippen LogP contribution in [-0.4, -0.2) is 24.2 Å². The molecule has 0 fully saturated rings. The number of hydrogen-bond donors (Lipinski definition) is 0. The van der Waals surface area contributed by atoms with Gasteiger partial charge in [0.15, 0.2) is 0 Å². The fourth-order valence-electron chi connectivity index (χ4n) is 4.74. The van der Waals surface area contributed by atoms with Gasteiger partial charge in [0, 0.05) is 17.6 Å². The molecule has 3 aromatic rings. The minimum atomic E-state index is -0.156.